The number of rotatable bonds is 0. The molecular weight excluding hydrogens is 144 g/mol. The summed E-state index contributed by atoms with van der Waals surface area (Å²) < 4.78 is 0. The molecule has 0 bridgehead atoms. The topological polar surface area (TPSA) is 0 Å². The Hall–Kier alpha value is -0.780. The summed E-state index contributed by atoms with van der Waals surface area (Å²) in [5.41, 5.74) is 4.90. The van der Waals surface area contributed by atoms with Crippen LogP contribution in [0.1, 0.15) is 35.4 Å². The first-order valence-electron chi connectivity index (χ1n) is 4.89. The lowest BCUT2D eigenvalue weighted by atomic mass is 9.84. The van der Waals surface area contributed by atoms with E-state index in [4.69, 9.17) is 0 Å². The Morgan fingerprint density at radius 2 is 2.08 bits per heavy atom. The van der Waals surface area contributed by atoms with Crippen molar-refractivity contribution in [2.24, 2.45) is 0 Å². The third-order valence-electron chi connectivity index (χ3n) is 3.24. The van der Waals surface area contributed by atoms with Crippen LogP contribution in [-0.2, 0) is 12.8 Å². The molecule has 1 atom stereocenters. The molecule has 0 fully saturated rings. The van der Waals surface area contributed by atoms with Crippen LogP contribution in [0.2, 0.25) is 0 Å². The molecule has 0 saturated carbocycles. The molecule has 1 radical (unpaired) electrons. The summed E-state index contributed by atoms with van der Waals surface area (Å²) in [5.74, 6) is 0.810. The van der Waals surface area contributed by atoms with E-state index in [9.17, 15) is 0 Å². The van der Waals surface area contributed by atoms with Gasteiger partial charge in [-0.3, -0.25) is 0 Å². The largest absolute Gasteiger partial charge is 0.0617 e. The van der Waals surface area contributed by atoms with Crippen LogP contribution in [0.15, 0.2) is 18.2 Å². The van der Waals surface area contributed by atoms with E-state index in [1.165, 1.54) is 25.7 Å². The summed E-state index contributed by atoms with van der Waals surface area (Å²) in [7, 11) is 0. The Morgan fingerprint density at radius 1 is 1.17 bits per heavy atom. The number of hydrogen-bond acceptors (Lipinski definition) is 0. The monoisotopic (exact) mass is 157 g/mol. The van der Waals surface area contributed by atoms with Crippen molar-refractivity contribution in [2.45, 2.75) is 31.6 Å². The van der Waals surface area contributed by atoms with Crippen molar-refractivity contribution in [1.82, 2.24) is 0 Å². The van der Waals surface area contributed by atoms with Gasteiger partial charge in [0.25, 0.3) is 0 Å². The minimum atomic E-state index is 0.810. The van der Waals surface area contributed by atoms with Crippen molar-refractivity contribution in [2.75, 3.05) is 0 Å². The van der Waals surface area contributed by atoms with Gasteiger partial charge in [0.05, 0.1) is 0 Å². The molecule has 0 saturated heterocycles. The summed E-state index contributed by atoms with van der Waals surface area (Å²) in [6.45, 7) is 0. The molecular formula is C12H13. The van der Waals surface area contributed by atoms with Crippen molar-refractivity contribution in [3.63, 3.8) is 0 Å². The maximum atomic E-state index is 2.49. The molecule has 0 nitrogen and oxygen atoms in total. The maximum absolute atomic E-state index is 2.49. The Balaban J connectivity index is 2.23. The Labute approximate surface area is 73.6 Å². The van der Waals surface area contributed by atoms with Gasteiger partial charge in [-0.05, 0) is 54.7 Å². The van der Waals surface area contributed by atoms with Crippen molar-refractivity contribution < 1.29 is 0 Å². The van der Waals surface area contributed by atoms with Crippen molar-refractivity contribution in [3.05, 3.63) is 41.3 Å². The second-order valence-electron chi connectivity index (χ2n) is 3.93. The molecule has 2 aliphatic carbocycles. The maximum Gasteiger partial charge on any atom is -0.0122 e. The highest BCUT2D eigenvalue weighted by Crippen LogP contribution is 2.41. The molecule has 3 rings (SSSR count). The van der Waals surface area contributed by atoms with Gasteiger partial charge in [0.15, 0.2) is 0 Å². The lowest BCUT2D eigenvalue weighted by Gasteiger charge is -2.21. The lowest BCUT2D eigenvalue weighted by molar-refractivity contribution is 0.617. The van der Waals surface area contributed by atoms with Crippen LogP contribution >= 0.6 is 0 Å². The fraction of sp³-hybridized carbons (Fsp3) is 0.417. The van der Waals surface area contributed by atoms with Gasteiger partial charge in [0.2, 0.25) is 0 Å². The zero-order valence-electron chi connectivity index (χ0n) is 7.22. The first-order chi connectivity index (χ1) is 5.95. The summed E-state index contributed by atoms with van der Waals surface area (Å²) in [6.07, 6.45) is 7.80. The van der Waals surface area contributed by atoms with Crippen LogP contribution in [0.4, 0.5) is 0 Å². The Bertz CT molecular complexity index is 312. The predicted octanol–water partition coefficient (Wildman–Crippen LogP) is 2.87. The van der Waals surface area contributed by atoms with Gasteiger partial charge in [-0.2, -0.15) is 0 Å². The van der Waals surface area contributed by atoms with E-state index in [2.05, 4.69) is 24.6 Å². The molecule has 1 aromatic rings. The normalized spacial score (nSPS) is 25.5. The van der Waals surface area contributed by atoms with Crippen molar-refractivity contribution in [1.29, 1.82) is 0 Å². The first kappa shape index (κ1) is 6.71. The smallest absolute Gasteiger partial charge is 0.0122 e. The zero-order valence-corrected chi connectivity index (χ0v) is 7.22. The van der Waals surface area contributed by atoms with E-state index in [1.807, 2.05) is 0 Å². The molecule has 0 heterocycles. The molecule has 61 valence electrons. The fourth-order valence-corrected chi connectivity index (χ4v) is 2.70. The molecule has 1 unspecified atom stereocenters. The second-order valence-corrected chi connectivity index (χ2v) is 3.93. The number of hydrogen-bond donors (Lipinski definition) is 0. The van der Waals surface area contributed by atoms with Gasteiger partial charge in [0.1, 0.15) is 0 Å². The minimum absolute atomic E-state index is 0.810. The summed E-state index contributed by atoms with van der Waals surface area (Å²) in [6, 6.07) is 6.82. The molecule has 0 aliphatic heterocycles. The number of benzene rings is 1. The van der Waals surface area contributed by atoms with Gasteiger partial charge in [0, 0.05) is 0 Å². The van der Waals surface area contributed by atoms with Gasteiger partial charge >= 0.3 is 0 Å². The second kappa shape index (κ2) is 2.35. The standard InChI is InChI=1S/C12H13/c1-3-9-4-2-6-11-8-7-10(5-1)12(9)11/h1,3,5,8,11H,2,4,6-7H2. The van der Waals surface area contributed by atoms with Gasteiger partial charge in [-0.15, -0.1) is 0 Å². The van der Waals surface area contributed by atoms with Gasteiger partial charge < -0.3 is 0 Å². The SMILES string of the molecule is [CH]1Cc2cccc3c2C1CCC3. The van der Waals surface area contributed by atoms with Gasteiger partial charge in [-0.1, -0.05) is 18.2 Å². The van der Waals surface area contributed by atoms with Crippen LogP contribution in [0, 0.1) is 6.42 Å². The highest BCUT2D eigenvalue weighted by atomic mass is 14.3. The molecule has 12 heavy (non-hydrogen) atoms. The third-order valence-corrected chi connectivity index (χ3v) is 3.24. The summed E-state index contributed by atoms with van der Waals surface area (Å²) in [5, 5.41) is 0. The van der Waals surface area contributed by atoms with Crippen LogP contribution in [0.25, 0.3) is 0 Å². The lowest BCUT2D eigenvalue weighted by Crippen LogP contribution is -2.06. The van der Waals surface area contributed by atoms with E-state index < -0.39 is 0 Å². The van der Waals surface area contributed by atoms with Gasteiger partial charge in [-0.25, -0.2) is 0 Å². The van der Waals surface area contributed by atoms with Crippen molar-refractivity contribution >= 4 is 0 Å². The third kappa shape index (κ3) is 0.782. The average molecular weight is 157 g/mol. The molecule has 1 aromatic carbocycles. The van der Waals surface area contributed by atoms with Crippen LogP contribution in [-0.4, -0.2) is 0 Å². The number of aryl methyl sites for hydroxylation is 1. The quantitative estimate of drug-likeness (QED) is 0.543. The average Bonchev–Trinajstić information content (AvgIpc) is 2.52. The highest BCUT2D eigenvalue weighted by molar-refractivity contribution is 5.46. The predicted molar refractivity (Wildman–Crippen MR) is 50.1 cm³/mol. The van der Waals surface area contributed by atoms with E-state index in [-0.39, 0.29) is 0 Å². The van der Waals surface area contributed by atoms with E-state index in [0.29, 0.717) is 0 Å². The molecule has 0 N–H and O–H groups in total. The van der Waals surface area contributed by atoms with Crippen LogP contribution in [0.3, 0.4) is 0 Å². The molecule has 0 heteroatoms. The van der Waals surface area contributed by atoms with E-state index in [1.54, 1.807) is 16.7 Å². The molecule has 0 aromatic heterocycles. The summed E-state index contributed by atoms with van der Waals surface area (Å²) in [4.78, 5) is 0. The van der Waals surface area contributed by atoms with E-state index in [0.717, 1.165) is 5.92 Å². The zero-order chi connectivity index (χ0) is 7.97. The highest BCUT2D eigenvalue weighted by Gasteiger charge is 2.27. The minimum Gasteiger partial charge on any atom is -0.0617 e. The van der Waals surface area contributed by atoms with Crippen LogP contribution < -0.4 is 0 Å². The molecule has 0 spiro atoms. The Morgan fingerprint density at radius 3 is 3.08 bits per heavy atom. The van der Waals surface area contributed by atoms with E-state index >= 15 is 0 Å². The van der Waals surface area contributed by atoms with Crippen LogP contribution in [0.5, 0.6) is 0 Å². The molecule has 2 aliphatic rings. The first-order valence-corrected chi connectivity index (χ1v) is 4.89. The summed E-state index contributed by atoms with van der Waals surface area (Å²) >= 11 is 0. The molecule has 0 amide bonds. The van der Waals surface area contributed by atoms with Crippen molar-refractivity contribution in [3.8, 4) is 0 Å². The fourth-order valence-electron chi connectivity index (χ4n) is 2.70. The Kier molecular flexibility index (Phi) is 1.31.